The molecule has 0 saturated carbocycles. The second kappa shape index (κ2) is 46.2. The molecule has 31 heteroatoms. The summed E-state index contributed by atoms with van der Waals surface area (Å²) in [5.41, 5.74) is -16.3. The van der Waals surface area contributed by atoms with E-state index >= 15 is 0 Å². The van der Waals surface area contributed by atoms with Crippen molar-refractivity contribution in [3.63, 3.8) is 0 Å². The van der Waals surface area contributed by atoms with Crippen molar-refractivity contribution in [2.24, 2.45) is 0 Å². The maximum absolute atomic E-state index is 5.52. The van der Waals surface area contributed by atoms with Crippen LogP contribution in [0.2, 0.25) is 0 Å². The normalized spacial score (nSPS) is 10.8. The van der Waals surface area contributed by atoms with E-state index in [9.17, 15) is 0 Å². The minimum atomic E-state index is -2.72. The Kier molecular flexibility index (Phi) is 39.0. The van der Waals surface area contributed by atoms with E-state index < -0.39 is 34.2 Å². The maximum atomic E-state index is 5.52. The second-order valence-corrected chi connectivity index (χ2v) is 48.6. The van der Waals surface area contributed by atoms with Crippen molar-refractivity contribution in [1.82, 2.24) is 0 Å². The van der Waals surface area contributed by atoms with Crippen LogP contribution in [0.4, 0.5) is 0 Å². The summed E-state index contributed by atoms with van der Waals surface area (Å²) in [7, 11) is 0. The Labute approximate surface area is 679 Å². The molecule has 12 rings (SSSR count). The molecule has 0 atom stereocenters. The molecular weight excluding hydrogens is 1720 g/mol. The Bertz CT molecular complexity index is 3600. The van der Waals surface area contributed by atoms with Gasteiger partial charge in [-0.1, -0.05) is 218 Å². The molecule has 103 heavy (non-hydrogen) atoms. The predicted octanol–water partition coefficient (Wildman–Crippen LogP) is 23.5. The number of hydrogen-bond acceptors (Lipinski definition) is 24. The summed E-state index contributed by atoms with van der Waals surface area (Å²) in [5, 5.41) is 0. The maximum Gasteiger partial charge on any atom is 6.00 e. The third kappa shape index (κ3) is 38.3. The van der Waals surface area contributed by atoms with Gasteiger partial charge in [0.1, 0.15) is 69.0 Å². The first-order valence-corrected chi connectivity index (χ1v) is 51.7. The molecule has 528 valence electrons. The molecule has 0 aliphatic heterocycles. The van der Waals surface area contributed by atoms with Gasteiger partial charge in [0.25, 0.3) is 0 Å². The average Bonchev–Trinajstić information content (AvgIpc) is 0.933. The van der Waals surface area contributed by atoms with Gasteiger partial charge in [0.15, 0.2) is 34.2 Å². The van der Waals surface area contributed by atoms with E-state index in [1.165, 1.54) is 0 Å². The molecule has 0 aliphatic rings. The summed E-state index contributed by atoms with van der Waals surface area (Å²) in [6.07, 6.45) is 0. The van der Waals surface area contributed by atoms with E-state index in [4.69, 9.17) is 199 Å². The van der Waals surface area contributed by atoms with Crippen molar-refractivity contribution >= 4 is 178 Å². The molecule has 0 aliphatic carbocycles. The van der Waals surface area contributed by atoms with E-state index in [0.29, 0.717) is 69.0 Å². The third-order valence-electron chi connectivity index (χ3n) is 11.5. The molecule has 0 saturated heterocycles. The van der Waals surface area contributed by atoms with Crippen LogP contribution < -0.4 is 54.3 Å². The molecule has 0 radical (unpaired) electrons. The molecule has 0 spiro atoms. The first-order chi connectivity index (χ1) is 48.9. The summed E-state index contributed by atoms with van der Waals surface area (Å²) in [5.74, 6) is 7.69. The van der Waals surface area contributed by atoms with Crippen LogP contribution >= 0.6 is 34.2 Å². The average molecular weight is 1780 g/mol. The van der Waals surface area contributed by atoms with Gasteiger partial charge in [-0.2, -0.15) is 0 Å². The minimum Gasteiger partial charge on any atom is -0.665 e. The molecule has 12 nitrogen and oxygen atoms in total. The van der Waals surface area contributed by atoms with Crippen LogP contribution in [-0.4, -0.2) is 0 Å². The Morgan fingerprint density at radius 1 is 0.136 bits per heavy atom. The van der Waals surface area contributed by atoms with Gasteiger partial charge in [-0.05, 0) is 216 Å². The van der Waals surface area contributed by atoms with Crippen LogP contribution in [-0.2, 0) is 165 Å². The molecule has 0 amide bonds. The van der Waals surface area contributed by atoms with E-state index in [2.05, 4.69) is 0 Å². The van der Waals surface area contributed by atoms with Gasteiger partial charge < -0.3 is 128 Å². The molecule has 0 aromatic heterocycles. The largest absolute Gasteiger partial charge is 6.00 e. The van der Waals surface area contributed by atoms with Crippen LogP contribution in [0.15, 0.2) is 364 Å². The number of para-hydroxylation sites is 12. The van der Waals surface area contributed by atoms with Gasteiger partial charge in [0, 0.05) is 0 Å². The Hall–Kier alpha value is -5.07. The minimum absolute atomic E-state index is 0. The Morgan fingerprint density at radius 3 is 0.252 bits per heavy atom. The number of hydrogen-bond donors (Lipinski definition) is 0. The van der Waals surface area contributed by atoms with Crippen molar-refractivity contribution in [1.29, 1.82) is 0 Å². The summed E-state index contributed by atoms with van der Waals surface area (Å²) < 4.78 is 66.3. The van der Waals surface area contributed by atoms with Gasteiger partial charge in [-0.15, -0.1) is 0 Å². The van der Waals surface area contributed by atoms with E-state index in [0.717, 1.165) is 0 Å². The monoisotopic (exact) mass is 1780 g/mol. The quantitative estimate of drug-likeness (QED) is 0.0325. The van der Waals surface area contributed by atoms with E-state index in [1.54, 1.807) is 0 Å². The SMILES string of the molecule is S=P([S-])(Oc1ccccc1)Oc1ccccc1.S=P([S-])(Oc1ccccc1)Oc1ccccc1.S=P([S-])(Oc1ccccc1)Oc1ccccc1.S=P([S-])(Oc1ccccc1)Oc1ccccc1.S=P([S-])(Oc1ccccc1)Oc1ccccc1.S=P([S-])(Oc1ccccc1)Oc1ccccc1.[Mo+6]. The third-order valence-corrected chi connectivity index (χ3v) is 22.1. The van der Waals surface area contributed by atoms with Crippen molar-refractivity contribution in [3.8, 4) is 69.0 Å². The predicted molar refractivity (Wildman–Crippen MR) is 455 cm³/mol. The molecule has 0 N–H and O–H groups in total. The smallest absolute Gasteiger partial charge is 0.665 e. The van der Waals surface area contributed by atoms with Crippen LogP contribution in [0.5, 0.6) is 69.0 Å². The second-order valence-electron chi connectivity index (χ2n) is 19.5. The van der Waals surface area contributed by atoms with Gasteiger partial charge >= 0.3 is 21.1 Å². The molecule has 12 aromatic carbocycles. The van der Waals surface area contributed by atoms with Gasteiger partial charge in [0.05, 0.1) is 0 Å². The van der Waals surface area contributed by atoms with Crippen LogP contribution in [0.3, 0.4) is 0 Å². The summed E-state index contributed by atoms with van der Waals surface area (Å²) >= 11 is 62.3. The Morgan fingerprint density at radius 2 is 0.194 bits per heavy atom. The van der Waals surface area contributed by atoms with E-state index in [1.807, 2.05) is 364 Å². The van der Waals surface area contributed by atoms with Crippen molar-refractivity contribution in [2.45, 2.75) is 0 Å². The molecule has 0 heterocycles. The van der Waals surface area contributed by atoms with Gasteiger partial charge in [-0.3, -0.25) is 0 Å². The molecule has 0 unspecified atom stereocenters. The molecule has 0 bridgehead atoms. The van der Waals surface area contributed by atoms with Crippen molar-refractivity contribution in [2.75, 3.05) is 0 Å². The molecular formula is C72H60MoO12P6S12. The fourth-order valence-corrected chi connectivity index (χ4v) is 18.4. The zero-order valence-corrected chi connectivity index (χ0v) is 70.7. The summed E-state index contributed by atoms with van der Waals surface area (Å²) in [4.78, 5) is 0. The first kappa shape index (κ1) is 86.8. The Balaban J connectivity index is 0.000000194. The zero-order chi connectivity index (χ0) is 72.8. The topological polar surface area (TPSA) is 111 Å². The van der Waals surface area contributed by atoms with Gasteiger partial charge in [0.2, 0.25) is 0 Å². The fraction of sp³-hybridized carbons (Fsp3) is 0. The summed E-state index contributed by atoms with van der Waals surface area (Å²) in [6.45, 7) is 0. The zero-order valence-electron chi connectivity index (χ0n) is 53.5. The van der Waals surface area contributed by atoms with Crippen LogP contribution in [0, 0.1) is 0 Å². The summed E-state index contributed by atoms with van der Waals surface area (Å²) in [6, 6.07) is 111. The van der Waals surface area contributed by atoms with Gasteiger partial charge in [-0.25, -0.2) is 0 Å². The van der Waals surface area contributed by atoms with Crippen LogP contribution in [0.1, 0.15) is 0 Å². The van der Waals surface area contributed by atoms with E-state index in [-0.39, 0.29) is 21.1 Å². The van der Waals surface area contributed by atoms with Crippen molar-refractivity contribution in [3.05, 3.63) is 364 Å². The van der Waals surface area contributed by atoms with Crippen LogP contribution in [0.25, 0.3) is 0 Å². The number of benzene rings is 12. The standard InChI is InChI=1S/6C12H11O2PS2.Mo/c6*16-15(17,13-11-7-3-1-4-8-11)14-12-9-5-2-6-10-12;/h6*1-10H,(H,16,17);/q;;;;;;+6/p-6. The molecule has 12 aromatic rings. The molecule has 0 fully saturated rings. The number of rotatable bonds is 24. The van der Waals surface area contributed by atoms with Crippen molar-refractivity contribution < 1.29 is 75.4 Å². The fourth-order valence-electron chi connectivity index (χ4n) is 7.44. The first-order valence-electron chi connectivity index (χ1n) is 29.8.